The Bertz CT molecular complexity index is 723. The number of rotatable bonds is 5. The monoisotopic (exact) mass is 317 g/mol. The second-order valence-corrected chi connectivity index (χ2v) is 5.06. The highest BCUT2D eigenvalue weighted by atomic mass is 16.5. The first kappa shape index (κ1) is 16.5. The topological polar surface area (TPSA) is 100 Å². The number of carbonyl (C=O) groups excluding carboxylic acids is 3. The number of aromatic amines is 1. The van der Waals surface area contributed by atoms with Crippen LogP contribution >= 0.6 is 0 Å². The van der Waals surface area contributed by atoms with Crippen LogP contribution in [0.2, 0.25) is 0 Å². The molecule has 0 radical (unpaired) electrons. The molecule has 3 amide bonds. The summed E-state index contributed by atoms with van der Waals surface area (Å²) in [5.41, 5.74) is 2.02. The number of imide groups is 1. The lowest BCUT2D eigenvalue weighted by Crippen LogP contribution is -2.43. The minimum atomic E-state index is -1.03. The Hall–Kier alpha value is -2.83. The summed E-state index contributed by atoms with van der Waals surface area (Å²) in [6, 6.07) is 7.16. The van der Waals surface area contributed by atoms with E-state index in [0.29, 0.717) is 6.42 Å². The Morgan fingerprint density at radius 2 is 2.00 bits per heavy atom. The van der Waals surface area contributed by atoms with Crippen LogP contribution in [0.3, 0.4) is 0 Å². The highest BCUT2D eigenvalue weighted by Crippen LogP contribution is 2.19. The second kappa shape index (κ2) is 7.44. The third-order valence-corrected chi connectivity index (χ3v) is 3.41. The first-order valence-electron chi connectivity index (χ1n) is 7.28. The minimum absolute atomic E-state index is 0.152. The van der Waals surface area contributed by atoms with Crippen molar-refractivity contribution in [1.82, 2.24) is 15.6 Å². The van der Waals surface area contributed by atoms with Crippen molar-refractivity contribution >= 4 is 28.8 Å². The highest BCUT2D eigenvalue weighted by molar-refractivity contribution is 5.97. The molecule has 122 valence electrons. The summed E-state index contributed by atoms with van der Waals surface area (Å²) in [5.74, 6) is -1.15. The number of carbonyl (C=O) groups is 3. The molecule has 0 aliphatic carbocycles. The maximum atomic E-state index is 11.8. The smallest absolute Gasteiger partial charge is 0.321 e. The molecule has 0 unspecified atom stereocenters. The van der Waals surface area contributed by atoms with E-state index in [0.717, 1.165) is 16.5 Å². The summed E-state index contributed by atoms with van der Waals surface area (Å²) in [4.78, 5) is 37.6. The zero-order chi connectivity index (χ0) is 16.8. The Morgan fingerprint density at radius 1 is 1.26 bits per heavy atom. The van der Waals surface area contributed by atoms with Crippen LogP contribution in [0.1, 0.15) is 18.9 Å². The lowest BCUT2D eigenvalue weighted by molar-refractivity contribution is -0.154. The zero-order valence-electron chi connectivity index (χ0n) is 13.0. The molecule has 1 heterocycles. The first-order chi connectivity index (χ1) is 11.0. The molecule has 1 aromatic heterocycles. The predicted molar refractivity (Wildman–Crippen MR) is 84.8 cm³/mol. The van der Waals surface area contributed by atoms with Crippen molar-refractivity contribution < 1.29 is 19.1 Å². The molecule has 0 saturated carbocycles. The lowest BCUT2D eigenvalue weighted by atomic mass is 10.1. The van der Waals surface area contributed by atoms with Crippen molar-refractivity contribution in [2.45, 2.75) is 25.9 Å². The summed E-state index contributed by atoms with van der Waals surface area (Å²) in [6.07, 6.45) is 1.49. The van der Waals surface area contributed by atoms with Gasteiger partial charge in [-0.25, -0.2) is 4.79 Å². The largest absolute Gasteiger partial charge is 0.453 e. The maximum Gasteiger partial charge on any atom is 0.321 e. The van der Waals surface area contributed by atoms with Crippen molar-refractivity contribution in [1.29, 1.82) is 0 Å². The summed E-state index contributed by atoms with van der Waals surface area (Å²) in [6.45, 7) is 1.42. The fraction of sp³-hybridized carbons (Fsp3) is 0.312. The molecule has 7 heteroatoms. The zero-order valence-corrected chi connectivity index (χ0v) is 13.0. The van der Waals surface area contributed by atoms with Crippen LogP contribution in [0.4, 0.5) is 4.79 Å². The summed E-state index contributed by atoms with van der Waals surface area (Å²) < 4.78 is 5.03. The summed E-state index contributed by atoms with van der Waals surface area (Å²) in [5, 5.41) is 5.37. The lowest BCUT2D eigenvalue weighted by Gasteiger charge is -2.12. The number of aryl methyl sites for hydroxylation is 1. The van der Waals surface area contributed by atoms with E-state index in [9.17, 15) is 14.4 Å². The molecule has 0 fully saturated rings. The number of ether oxygens (including phenoxy) is 1. The number of H-pyrrole nitrogens is 1. The standard InChI is InChI=1S/C16H19N3O4/c1-10(15(21)19-16(22)17-2)23-14(20)8-7-11-9-18-13-6-4-3-5-12(11)13/h3-6,9-10,18H,7-8H2,1-2H3,(H2,17,19,21,22)/t10-/m1/s1. The van der Waals surface area contributed by atoms with Crippen LogP contribution in [0.25, 0.3) is 10.9 Å². The Morgan fingerprint density at radius 3 is 2.74 bits per heavy atom. The van der Waals surface area contributed by atoms with Crippen LogP contribution in [0, 0.1) is 0 Å². The summed E-state index contributed by atoms with van der Waals surface area (Å²) >= 11 is 0. The van der Waals surface area contributed by atoms with Gasteiger partial charge in [-0.3, -0.25) is 14.9 Å². The quantitative estimate of drug-likeness (QED) is 0.727. The molecule has 23 heavy (non-hydrogen) atoms. The van der Waals surface area contributed by atoms with Gasteiger partial charge in [0.15, 0.2) is 6.10 Å². The fourth-order valence-corrected chi connectivity index (χ4v) is 2.16. The van der Waals surface area contributed by atoms with Crippen LogP contribution in [0.5, 0.6) is 0 Å². The van der Waals surface area contributed by atoms with E-state index in [1.807, 2.05) is 30.5 Å². The van der Waals surface area contributed by atoms with Crippen LogP contribution < -0.4 is 10.6 Å². The molecular formula is C16H19N3O4. The molecule has 0 bridgehead atoms. The van der Waals surface area contributed by atoms with E-state index < -0.39 is 24.0 Å². The third kappa shape index (κ3) is 4.32. The second-order valence-electron chi connectivity index (χ2n) is 5.06. The van der Waals surface area contributed by atoms with E-state index in [1.165, 1.54) is 14.0 Å². The number of urea groups is 1. The van der Waals surface area contributed by atoms with E-state index >= 15 is 0 Å². The van der Waals surface area contributed by atoms with Crippen LogP contribution in [0.15, 0.2) is 30.5 Å². The van der Waals surface area contributed by atoms with E-state index in [2.05, 4.69) is 15.6 Å². The molecule has 0 aliphatic rings. The number of benzene rings is 1. The Kier molecular flexibility index (Phi) is 5.35. The Labute approximate surface area is 133 Å². The molecule has 0 spiro atoms. The van der Waals surface area contributed by atoms with Crippen molar-refractivity contribution in [2.75, 3.05) is 7.05 Å². The number of fused-ring (bicyclic) bond motifs is 1. The van der Waals surface area contributed by atoms with E-state index in [1.54, 1.807) is 0 Å². The van der Waals surface area contributed by atoms with Gasteiger partial charge in [0.25, 0.3) is 5.91 Å². The van der Waals surface area contributed by atoms with Gasteiger partial charge in [0.2, 0.25) is 0 Å². The van der Waals surface area contributed by atoms with Crippen molar-refractivity contribution in [3.8, 4) is 0 Å². The number of amides is 3. The minimum Gasteiger partial charge on any atom is -0.453 e. The summed E-state index contributed by atoms with van der Waals surface area (Å²) in [7, 11) is 1.39. The van der Waals surface area contributed by atoms with Gasteiger partial charge < -0.3 is 15.0 Å². The van der Waals surface area contributed by atoms with Crippen molar-refractivity contribution in [3.05, 3.63) is 36.0 Å². The number of nitrogens with one attached hydrogen (secondary N) is 3. The van der Waals surface area contributed by atoms with Gasteiger partial charge in [0, 0.05) is 30.6 Å². The van der Waals surface area contributed by atoms with Gasteiger partial charge in [0.1, 0.15) is 0 Å². The third-order valence-electron chi connectivity index (χ3n) is 3.41. The van der Waals surface area contributed by atoms with E-state index in [-0.39, 0.29) is 6.42 Å². The average molecular weight is 317 g/mol. The first-order valence-corrected chi connectivity index (χ1v) is 7.28. The van der Waals surface area contributed by atoms with Gasteiger partial charge in [-0.1, -0.05) is 18.2 Å². The van der Waals surface area contributed by atoms with Crippen molar-refractivity contribution in [3.63, 3.8) is 0 Å². The SMILES string of the molecule is CNC(=O)NC(=O)[C@@H](C)OC(=O)CCc1c[nH]c2ccccc12. The van der Waals surface area contributed by atoms with E-state index in [4.69, 9.17) is 4.74 Å². The van der Waals surface area contributed by atoms with Gasteiger partial charge in [-0.05, 0) is 25.0 Å². The molecular weight excluding hydrogens is 298 g/mol. The number of hydrogen-bond acceptors (Lipinski definition) is 4. The van der Waals surface area contributed by atoms with Crippen molar-refractivity contribution in [2.24, 2.45) is 0 Å². The molecule has 2 rings (SSSR count). The Balaban J connectivity index is 1.85. The number of para-hydroxylation sites is 1. The molecule has 0 aliphatic heterocycles. The number of aromatic nitrogens is 1. The molecule has 7 nitrogen and oxygen atoms in total. The van der Waals surface area contributed by atoms with Gasteiger partial charge in [-0.15, -0.1) is 0 Å². The number of esters is 1. The van der Waals surface area contributed by atoms with Gasteiger partial charge >= 0.3 is 12.0 Å². The average Bonchev–Trinajstić information content (AvgIpc) is 2.95. The van der Waals surface area contributed by atoms with Crippen LogP contribution in [-0.2, 0) is 20.7 Å². The maximum absolute atomic E-state index is 11.8. The molecule has 1 atom stereocenters. The normalized spacial score (nSPS) is 11.7. The fourth-order valence-electron chi connectivity index (χ4n) is 2.16. The predicted octanol–water partition coefficient (Wildman–Crippen LogP) is 1.49. The van der Waals surface area contributed by atoms with Crippen LogP contribution in [-0.4, -0.2) is 36.0 Å². The molecule has 0 saturated heterocycles. The highest BCUT2D eigenvalue weighted by Gasteiger charge is 2.19. The molecule has 1 aromatic carbocycles. The van der Waals surface area contributed by atoms with Gasteiger partial charge in [0.05, 0.1) is 0 Å². The molecule has 3 N–H and O–H groups in total. The van der Waals surface area contributed by atoms with Gasteiger partial charge in [-0.2, -0.15) is 0 Å². The molecule has 2 aromatic rings. The number of hydrogen-bond donors (Lipinski definition) is 3.